The van der Waals surface area contributed by atoms with E-state index < -0.39 is 0 Å². The van der Waals surface area contributed by atoms with Crippen LogP contribution in [-0.4, -0.2) is 42.5 Å². The van der Waals surface area contributed by atoms with Gasteiger partial charge in [-0.25, -0.2) is 4.79 Å². The fourth-order valence-corrected chi connectivity index (χ4v) is 3.24. The maximum atomic E-state index is 11.9. The van der Waals surface area contributed by atoms with Gasteiger partial charge in [0, 0.05) is 32.6 Å². The number of amides is 3. The van der Waals surface area contributed by atoms with Gasteiger partial charge in [0.1, 0.15) is 0 Å². The number of urea groups is 1. The molecule has 2 aliphatic carbocycles. The Balaban J connectivity index is 1.38. The first-order valence-corrected chi connectivity index (χ1v) is 7.39. The van der Waals surface area contributed by atoms with Gasteiger partial charge in [0.05, 0.1) is 0 Å². The molecular formula is C14H23N3O2. The predicted octanol–water partition coefficient (Wildman–Crippen LogP) is 1.10. The van der Waals surface area contributed by atoms with Crippen molar-refractivity contribution in [2.45, 2.75) is 45.1 Å². The van der Waals surface area contributed by atoms with E-state index in [1.807, 2.05) is 0 Å². The topological polar surface area (TPSA) is 61.4 Å². The first kappa shape index (κ1) is 12.8. The third-order valence-corrected chi connectivity index (χ3v) is 4.91. The van der Waals surface area contributed by atoms with Crippen LogP contribution in [0.25, 0.3) is 0 Å². The molecule has 3 aliphatic rings. The number of hydrogen-bond donors (Lipinski definition) is 2. The Hall–Kier alpha value is -1.26. The van der Waals surface area contributed by atoms with E-state index in [1.165, 1.54) is 25.7 Å². The number of nitrogens with one attached hydrogen (secondary N) is 2. The van der Waals surface area contributed by atoms with E-state index in [9.17, 15) is 9.59 Å². The molecule has 3 fully saturated rings. The summed E-state index contributed by atoms with van der Waals surface area (Å²) in [6, 6.07) is 0.0438. The van der Waals surface area contributed by atoms with Crippen LogP contribution in [0.5, 0.6) is 0 Å². The molecule has 5 heteroatoms. The van der Waals surface area contributed by atoms with Crippen molar-refractivity contribution in [1.82, 2.24) is 15.5 Å². The van der Waals surface area contributed by atoms with E-state index in [-0.39, 0.29) is 18.0 Å². The summed E-state index contributed by atoms with van der Waals surface area (Å²) in [5.41, 5.74) is 0.443. The van der Waals surface area contributed by atoms with Gasteiger partial charge in [-0.3, -0.25) is 4.79 Å². The summed E-state index contributed by atoms with van der Waals surface area (Å²) in [4.78, 5) is 24.9. The first-order valence-electron chi connectivity index (χ1n) is 7.39. The van der Waals surface area contributed by atoms with Crippen LogP contribution in [0, 0.1) is 11.3 Å². The van der Waals surface area contributed by atoms with Gasteiger partial charge in [-0.05, 0) is 43.4 Å². The first-order chi connectivity index (χ1) is 9.09. The Morgan fingerprint density at radius 3 is 2.53 bits per heavy atom. The van der Waals surface area contributed by atoms with Crippen molar-refractivity contribution in [3.05, 3.63) is 0 Å². The SMILES string of the molecule is CC(=O)N1CCC(NC(=O)NCC2(C3CC3)CC2)C1. The van der Waals surface area contributed by atoms with E-state index in [0.29, 0.717) is 12.0 Å². The molecule has 1 atom stereocenters. The van der Waals surface area contributed by atoms with Crippen LogP contribution in [0.1, 0.15) is 39.0 Å². The molecule has 2 N–H and O–H groups in total. The fraction of sp³-hybridized carbons (Fsp3) is 0.857. The molecule has 0 aromatic carbocycles. The average molecular weight is 265 g/mol. The normalized spacial score (nSPS) is 28.1. The highest BCUT2D eigenvalue weighted by Crippen LogP contribution is 2.60. The predicted molar refractivity (Wildman–Crippen MR) is 71.6 cm³/mol. The van der Waals surface area contributed by atoms with Crippen molar-refractivity contribution in [3.8, 4) is 0 Å². The second kappa shape index (κ2) is 4.69. The van der Waals surface area contributed by atoms with Crippen molar-refractivity contribution in [1.29, 1.82) is 0 Å². The van der Waals surface area contributed by atoms with E-state index >= 15 is 0 Å². The summed E-state index contributed by atoms with van der Waals surface area (Å²) < 4.78 is 0. The maximum absolute atomic E-state index is 11.9. The molecule has 0 bridgehead atoms. The third-order valence-electron chi connectivity index (χ3n) is 4.91. The molecule has 0 aromatic rings. The molecule has 0 radical (unpaired) electrons. The molecule has 5 nitrogen and oxygen atoms in total. The van der Waals surface area contributed by atoms with Crippen LogP contribution in [0.3, 0.4) is 0 Å². The quantitative estimate of drug-likeness (QED) is 0.799. The van der Waals surface area contributed by atoms with Gasteiger partial charge in [0.2, 0.25) is 5.91 Å². The van der Waals surface area contributed by atoms with Gasteiger partial charge >= 0.3 is 6.03 Å². The Labute approximate surface area is 114 Å². The number of carbonyl (C=O) groups excluding carboxylic acids is 2. The molecule has 19 heavy (non-hydrogen) atoms. The molecule has 1 unspecified atom stereocenters. The molecule has 1 saturated heterocycles. The number of carbonyl (C=O) groups is 2. The summed E-state index contributed by atoms with van der Waals surface area (Å²) in [5, 5.41) is 6.00. The minimum Gasteiger partial charge on any atom is -0.341 e. The molecular weight excluding hydrogens is 242 g/mol. The van der Waals surface area contributed by atoms with E-state index in [0.717, 1.165) is 25.4 Å². The summed E-state index contributed by atoms with van der Waals surface area (Å²) >= 11 is 0. The molecule has 1 heterocycles. The van der Waals surface area contributed by atoms with Crippen molar-refractivity contribution in [3.63, 3.8) is 0 Å². The van der Waals surface area contributed by atoms with E-state index in [4.69, 9.17) is 0 Å². The zero-order chi connectivity index (χ0) is 13.5. The molecule has 3 rings (SSSR count). The largest absolute Gasteiger partial charge is 0.341 e. The van der Waals surface area contributed by atoms with Crippen LogP contribution >= 0.6 is 0 Å². The lowest BCUT2D eigenvalue weighted by Gasteiger charge is -2.18. The highest BCUT2D eigenvalue weighted by atomic mass is 16.2. The Morgan fingerprint density at radius 1 is 1.26 bits per heavy atom. The van der Waals surface area contributed by atoms with Gasteiger partial charge in [-0.2, -0.15) is 0 Å². The van der Waals surface area contributed by atoms with Crippen molar-refractivity contribution < 1.29 is 9.59 Å². The number of likely N-dealkylation sites (tertiary alicyclic amines) is 1. The van der Waals surface area contributed by atoms with Crippen LogP contribution in [0.2, 0.25) is 0 Å². The highest BCUT2D eigenvalue weighted by Gasteiger charge is 2.53. The molecule has 1 aliphatic heterocycles. The average Bonchev–Trinajstić information content (AvgIpc) is 3.26. The molecule has 2 saturated carbocycles. The monoisotopic (exact) mass is 265 g/mol. The summed E-state index contributed by atoms with van der Waals surface area (Å²) in [7, 11) is 0. The van der Waals surface area contributed by atoms with Crippen molar-refractivity contribution >= 4 is 11.9 Å². The Morgan fingerprint density at radius 2 is 2.00 bits per heavy atom. The maximum Gasteiger partial charge on any atom is 0.315 e. The van der Waals surface area contributed by atoms with Crippen LogP contribution in [0.4, 0.5) is 4.79 Å². The van der Waals surface area contributed by atoms with E-state index in [2.05, 4.69) is 10.6 Å². The van der Waals surface area contributed by atoms with Crippen LogP contribution < -0.4 is 10.6 Å². The van der Waals surface area contributed by atoms with Crippen molar-refractivity contribution in [2.75, 3.05) is 19.6 Å². The second-order valence-corrected chi connectivity index (χ2v) is 6.41. The fourth-order valence-electron chi connectivity index (χ4n) is 3.24. The second-order valence-electron chi connectivity index (χ2n) is 6.41. The number of rotatable bonds is 4. The number of nitrogens with zero attached hydrogens (tertiary/aromatic N) is 1. The smallest absolute Gasteiger partial charge is 0.315 e. The molecule has 106 valence electrons. The van der Waals surface area contributed by atoms with Gasteiger partial charge < -0.3 is 15.5 Å². The lowest BCUT2D eigenvalue weighted by Crippen LogP contribution is -2.45. The summed E-state index contributed by atoms with van der Waals surface area (Å²) in [6.45, 7) is 3.81. The highest BCUT2D eigenvalue weighted by molar-refractivity contribution is 5.75. The third kappa shape index (κ3) is 2.85. The molecule has 0 spiro atoms. The Kier molecular flexibility index (Phi) is 3.15. The minimum atomic E-state index is -0.0673. The zero-order valence-corrected chi connectivity index (χ0v) is 11.6. The van der Waals surface area contributed by atoms with E-state index in [1.54, 1.807) is 11.8 Å². The van der Waals surface area contributed by atoms with Gasteiger partial charge in [-0.15, -0.1) is 0 Å². The minimum absolute atomic E-state index is 0.0673. The standard InChI is InChI=1S/C14H23N3O2/c1-10(18)17-7-4-12(8-17)16-13(19)15-9-14(5-6-14)11-2-3-11/h11-12H,2-9H2,1H3,(H2,15,16,19). The lowest BCUT2D eigenvalue weighted by atomic mass is 10.0. The van der Waals surface area contributed by atoms with Gasteiger partial charge in [-0.1, -0.05) is 0 Å². The van der Waals surface area contributed by atoms with Gasteiger partial charge in [0.15, 0.2) is 0 Å². The zero-order valence-electron chi connectivity index (χ0n) is 11.6. The molecule has 3 amide bonds. The number of hydrogen-bond acceptors (Lipinski definition) is 2. The van der Waals surface area contributed by atoms with Crippen LogP contribution in [0.15, 0.2) is 0 Å². The lowest BCUT2D eigenvalue weighted by molar-refractivity contribution is -0.127. The Bertz CT molecular complexity index is 388. The molecule has 0 aromatic heterocycles. The van der Waals surface area contributed by atoms with Gasteiger partial charge in [0.25, 0.3) is 0 Å². The summed E-state index contributed by atoms with van der Waals surface area (Å²) in [6.07, 6.45) is 6.11. The summed E-state index contributed by atoms with van der Waals surface area (Å²) in [5.74, 6) is 0.961. The van der Waals surface area contributed by atoms with Crippen LogP contribution in [-0.2, 0) is 4.79 Å². The van der Waals surface area contributed by atoms with Crippen molar-refractivity contribution in [2.24, 2.45) is 11.3 Å².